The van der Waals surface area contributed by atoms with Gasteiger partial charge < -0.3 is 14.6 Å². The molecule has 0 fully saturated rings. The van der Waals surface area contributed by atoms with Crippen molar-refractivity contribution in [2.75, 3.05) is 19.8 Å². The first-order valence-corrected chi connectivity index (χ1v) is 22.9. The third-order valence-corrected chi connectivity index (χ3v) is 9.82. The van der Waals surface area contributed by atoms with Crippen molar-refractivity contribution in [3.63, 3.8) is 0 Å². The van der Waals surface area contributed by atoms with Gasteiger partial charge in [-0.2, -0.15) is 0 Å². The van der Waals surface area contributed by atoms with Crippen LogP contribution in [0.2, 0.25) is 0 Å². The van der Waals surface area contributed by atoms with Crippen molar-refractivity contribution in [3.05, 3.63) is 60.8 Å². The number of aliphatic hydroxyl groups excluding tert-OH is 1. The molecular formula is C49H88O4. The van der Waals surface area contributed by atoms with Gasteiger partial charge in [-0.05, 0) is 83.5 Å². The number of carbonyl (C=O) groups is 1. The zero-order valence-electron chi connectivity index (χ0n) is 35.3. The normalized spacial score (nSPS) is 12.9. The van der Waals surface area contributed by atoms with E-state index in [9.17, 15) is 9.90 Å². The summed E-state index contributed by atoms with van der Waals surface area (Å²) in [6.45, 7) is 5.29. The summed E-state index contributed by atoms with van der Waals surface area (Å²) >= 11 is 0. The minimum atomic E-state index is -0.544. The minimum absolute atomic E-state index is 0.179. The van der Waals surface area contributed by atoms with Crippen molar-refractivity contribution in [3.8, 4) is 0 Å². The van der Waals surface area contributed by atoms with Crippen molar-refractivity contribution in [1.29, 1.82) is 0 Å². The smallest absolute Gasteiger partial charge is 0.306 e. The highest BCUT2D eigenvalue weighted by atomic mass is 16.6. The Kier molecular flexibility index (Phi) is 44.6. The largest absolute Gasteiger partial charge is 0.457 e. The van der Waals surface area contributed by atoms with E-state index in [0.29, 0.717) is 13.0 Å². The van der Waals surface area contributed by atoms with Gasteiger partial charge in [0.2, 0.25) is 0 Å². The number of hydrogen-bond acceptors (Lipinski definition) is 4. The average Bonchev–Trinajstić information content (AvgIpc) is 3.16. The van der Waals surface area contributed by atoms with Gasteiger partial charge >= 0.3 is 5.97 Å². The van der Waals surface area contributed by atoms with Crippen molar-refractivity contribution >= 4 is 5.97 Å². The Balaban J connectivity index is 3.47. The second-order valence-electron chi connectivity index (χ2n) is 15.1. The van der Waals surface area contributed by atoms with Crippen LogP contribution in [0.3, 0.4) is 0 Å². The first-order valence-electron chi connectivity index (χ1n) is 22.9. The summed E-state index contributed by atoms with van der Waals surface area (Å²) in [6, 6.07) is 0. The predicted octanol–water partition coefficient (Wildman–Crippen LogP) is 15.2. The van der Waals surface area contributed by atoms with E-state index in [4.69, 9.17) is 9.47 Å². The van der Waals surface area contributed by atoms with Crippen LogP contribution in [0.15, 0.2) is 60.8 Å². The number of ether oxygens (including phenoxy) is 2. The minimum Gasteiger partial charge on any atom is -0.457 e. The third kappa shape index (κ3) is 44.4. The zero-order chi connectivity index (χ0) is 38.4. The number of allylic oxidation sites excluding steroid dienone is 10. The van der Waals surface area contributed by atoms with E-state index in [0.717, 1.165) is 38.5 Å². The summed E-state index contributed by atoms with van der Waals surface area (Å²) in [7, 11) is 0. The van der Waals surface area contributed by atoms with Crippen LogP contribution in [0.1, 0.15) is 219 Å². The summed E-state index contributed by atoms with van der Waals surface area (Å²) in [5.41, 5.74) is 0. The molecule has 4 heteroatoms. The van der Waals surface area contributed by atoms with Crippen LogP contribution < -0.4 is 0 Å². The molecule has 0 saturated carbocycles. The SMILES string of the molecule is CCCCC/C=C\C/C=C\CCCCCCCCCCCC(=O)OC(CO)COCCCCCCCCC/C=C\C/C=C\C/C=C\CCCCCCC. The predicted molar refractivity (Wildman–Crippen MR) is 233 cm³/mol. The lowest BCUT2D eigenvalue weighted by molar-refractivity contribution is -0.154. The summed E-state index contributed by atoms with van der Waals surface area (Å²) in [5, 5.41) is 9.62. The first-order chi connectivity index (χ1) is 26.2. The van der Waals surface area contributed by atoms with E-state index in [-0.39, 0.29) is 19.2 Å². The molecule has 0 radical (unpaired) electrons. The molecule has 1 N–H and O–H groups in total. The van der Waals surface area contributed by atoms with Crippen LogP contribution in [0.4, 0.5) is 0 Å². The molecule has 0 aromatic carbocycles. The summed E-state index contributed by atoms with van der Waals surface area (Å²) in [5.74, 6) is -0.209. The van der Waals surface area contributed by atoms with Crippen LogP contribution in [-0.4, -0.2) is 37.0 Å². The number of carbonyl (C=O) groups excluding carboxylic acids is 1. The standard InChI is InChI=1S/C49H88O4/c1-3-5-7-9-11-13-15-17-19-21-23-24-25-27-29-31-33-35-37-39-41-43-45-52-47-48(46-50)53-49(51)44-42-40-38-36-34-32-30-28-26-22-20-18-16-14-12-10-8-6-4-2/h12,14-15,17-18,20-21,23,25,27,48,50H,3-11,13,16,19,22,24,26,28-47H2,1-2H3/b14-12-,17-15-,20-18-,23-21-,27-25-. The molecule has 0 aromatic heterocycles. The van der Waals surface area contributed by atoms with Crippen LogP contribution in [0.25, 0.3) is 0 Å². The van der Waals surface area contributed by atoms with Gasteiger partial charge in [-0.3, -0.25) is 4.79 Å². The molecule has 0 aliphatic rings. The van der Waals surface area contributed by atoms with Crippen molar-refractivity contribution in [2.24, 2.45) is 0 Å². The van der Waals surface area contributed by atoms with E-state index >= 15 is 0 Å². The lowest BCUT2D eigenvalue weighted by atomic mass is 10.1. The van der Waals surface area contributed by atoms with Gasteiger partial charge in [-0.1, -0.05) is 190 Å². The lowest BCUT2D eigenvalue weighted by Gasteiger charge is -2.16. The Morgan fingerprint density at radius 1 is 0.453 bits per heavy atom. The topological polar surface area (TPSA) is 55.8 Å². The Bertz CT molecular complexity index is 870. The highest BCUT2D eigenvalue weighted by Gasteiger charge is 2.13. The molecule has 0 bridgehead atoms. The molecule has 0 aliphatic heterocycles. The molecule has 0 spiro atoms. The zero-order valence-corrected chi connectivity index (χ0v) is 35.3. The maximum atomic E-state index is 12.2. The van der Waals surface area contributed by atoms with Gasteiger partial charge in [-0.15, -0.1) is 0 Å². The molecule has 53 heavy (non-hydrogen) atoms. The van der Waals surface area contributed by atoms with Gasteiger partial charge in [0, 0.05) is 13.0 Å². The summed E-state index contributed by atoms with van der Waals surface area (Å²) in [6.07, 6.45) is 61.4. The molecule has 1 unspecified atom stereocenters. The second kappa shape index (κ2) is 46.2. The van der Waals surface area contributed by atoms with Crippen molar-refractivity contribution < 1.29 is 19.4 Å². The Hall–Kier alpha value is -1.91. The fourth-order valence-electron chi connectivity index (χ4n) is 6.37. The molecule has 4 nitrogen and oxygen atoms in total. The van der Waals surface area contributed by atoms with E-state index < -0.39 is 6.10 Å². The Labute approximate surface area is 330 Å². The lowest BCUT2D eigenvalue weighted by Crippen LogP contribution is -2.27. The van der Waals surface area contributed by atoms with Crippen LogP contribution in [0.5, 0.6) is 0 Å². The molecule has 0 aliphatic carbocycles. The number of rotatable bonds is 42. The van der Waals surface area contributed by atoms with E-state index in [1.54, 1.807) is 0 Å². The number of aliphatic hydroxyl groups is 1. The monoisotopic (exact) mass is 741 g/mol. The fourth-order valence-corrected chi connectivity index (χ4v) is 6.37. The highest BCUT2D eigenvalue weighted by Crippen LogP contribution is 2.13. The van der Waals surface area contributed by atoms with Gasteiger partial charge in [-0.25, -0.2) is 0 Å². The Morgan fingerprint density at radius 2 is 0.792 bits per heavy atom. The average molecular weight is 741 g/mol. The highest BCUT2D eigenvalue weighted by molar-refractivity contribution is 5.69. The van der Waals surface area contributed by atoms with Crippen molar-refractivity contribution in [2.45, 2.75) is 225 Å². The van der Waals surface area contributed by atoms with Crippen LogP contribution in [-0.2, 0) is 14.3 Å². The molecular weight excluding hydrogens is 653 g/mol. The summed E-state index contributed by atoms with van der Waals surface area (Å²) in [4.78, 5) is 12.2. The molecule has 0 heterocycles. The van der Waals surface area contributed by atoms with Gasteiger partial charge in [0.05, 0.1) is 13.2 Å². The van der Waals surface area contributed by atoms with Gasteiger partial charge in [0.25, 0.3) is 0 Å². The molecule has 0 amide bonds. The van der Waals surface area contributed by atoms with Gasteiger partial charge in [0.15, 0.2) is 0 Å². The van der Waals surface area contributed by atoms with Crippen LogP contribution >= 0.6 is 0 Å². The van der Waals surface area contributed by atoms with Gasteiger partial charge in [0.1, 0.15) is 6.10 Å². The molecule has 0 rings (SSSR count). The number of unbranched alkanes of at least 4 members (excludes halogenated alkanes) is 24. The van der Waals surface area contributed by atoms with E-state index in [2.05, 4.69) is 74.6 Å². The number of hydrogen-bond donors (Lipinski definition) is 1. The third-order valence-electron chi connectivity index (χ3n) is 9.82. The quantitative estimate of drug-likeness (QED) is 0.0385. The van der Waals surface area contributed by atoms with E-state index in [1.165, 1.54) is 161 Å². The molecule has 308 valence electrons. The van der Waals surface area contributed by atoms with Crippen LogP contribution in [0, 0.1) is 0 Å². The molecule has 0 aromatic rings. The van der Waals surface area contributed by atoms with Crippen molar-refractivity contribution in [1.82, 2.24) is 0 Å². The second-order valence-corrected chi connectivity index (χ2v) is 15.1. The summed E-state index contributed by atoms with van der Waals surface area (Å²) < 4.78 is 11.2. The Morgan fingerprint density at radius 3 is 1.23 bits per heavy atom. The van der Waals surface area contributed by atoms with E-state index in [1.807, 2.05) is 0 Å². The maximum Gasteiger partial charge on any atom is 0.306 e. The number of esters is 1. The molecule has 0 saturated heterocycles. The fraction of sp³-hybridized carbons (Fsp3) is 0.776. The first kappa shape index (κ1) is 51.1. The molecule has 1 atom stereocenters. The maximum absolute atomic E-state index is 12.2.